The Morgan fingerprint density at radius 2 is 2.13 bits per heavy atom. The van der Waals surface area contributed by atoms with Gasteiger partial charge in [-0.15, -0.1) is 0 Å². The van der Waals surface area contributed by atoms with E-state index in [1.54, 1.807) is 0 Å². The summed E-state index contributed by atoms with van der Waals surface area (Å²) in [6.45, 7) is 12.9. The number of piperidine rings is 1. The van der Waals surface area contributed by atoms with E-state index in [0.717, 1.165) is 18.0 Å². The maximum Gasteiger partial charge on any atom is 0.00940 e. The molecule has 0 spiro atoms. The molecule has 1 heterocycles. The molecule has 1 N–H and O–H groups in total. The highest BCUT2D eigenvalue weighted by Crippen LogP contribution is 2.16. The summed E-state index contributed by atoms with van der Waals surface area (Å²) < 4.78 is 0. The minimum Gasteiger partial charge on any atom is -0.314 e. The van der Waals surface area contributed by atoms with Crippen molar-refractivity contribution < 1.29 is 0 Å². The van der Waals surface area contributed by atoms with Crippen LogP contribution < -0.4 is 5.32 Å². The summed E-state index contributed by atoms with van der Waals surface area (Å²) in [6, 6.07) is 1.53. The number of rotatable bonds is 5. The third-order valence-electron chi connectivity index (χ3n) is 3.57. The molecule has 0 aliphatic carbocycles. The summed E-state index contributed by atoms with van der Waals surface area (Å²) in [7, 11) is 0. The van der Waals surface area contributed by atoms with Gasteiger partial charge in [-0.1, -0.05) is 20.8 Å². The zero-order valence-electron chi connectivity index (χ0n) is 10.9. The van der Waals surface area contributed by atoms with Crippen LogP contribution >= 0.6 is 0 Å². The zero-order valence-corrected chi connectivity index (χ0v) is 10.9. The molecule has 15 heavy (non-hydrogen) atoms. The van der Waals surface area contributed by atoms with Gasteiger partial charge in [0, 0.05) is 12.1 Å². The van der Waals surface area contributed by atoms with Gasteiger partial charge in [-0.3, -0.25) is 0 Å². The molecule has 1 saturated heterocycles. The molecule has 0 bridgehead atoms. The van der Waals surface area contributed by atoms with E-state index >= 15 is 0 Å². The molecule has 0 radical (unpaired) electrons. The molecule has 0 amide bonds. The fourth-order valence-corrected chi connectivity index (χ4v) is 2.45. The highest BCUT2D eigenvalue weighted by molar-refractivity contribution is 4.82. The van der Waals surface area contributed by atoms with Crippen LogP contribution in [0, 0.1) is 5.92 Å². The standard InChI is InChI=1S/C13H28N2/c1-5-15-9-7-13(10-12(15)4)14-8-6-11(2)3/h11-14H,5-10H2,1-4H3. The van der Waals surface area contributed by atoms with Crippen molar-refractivity contribution in [1.29, 1.82) is 0 Å². The van der Waals surface area contributed by atoms with E-state index in [2.05, 4.69) is 37.9 Å². The Kier molecular flexibility index (Phi) is 5.62. The Hall–Kier alpha value is -0.0800. The van der Waals surface area contributed by atoms with Gasteiger partial charge in [0.1, 0.15) is 0 Å². The molecule has 1 aliphatic rings. The molecule has 2 heteroatoms. The average molecular weight is 212 g/mol. The SMILES string of the molecule is CCN1CCC(NCCC(C)C)CC1C. The summed E-state index contributed by atoms with van der Waals surface area (Å²) in [5.74, 6) is 0.825. The second-order valence-electron chi connectivity index (χ2n) is 5.34. The fraction of sp³-hybridized carbons (Fsp3) is 1.00. The number of hydrogen-bond donors (Lipinski definition) is 1. The summed E-state index contributed by atoms with van der Waals surface area (Å²) in [6.07, 6.45) is 3.96. The largest absolute Gasteiger partial charge is 0.314 e. The van der Waals surface area contributed by atoms with Gasteiger partial charge < -0.3 is 10.2 Å². The van der Waals surface area contributed by atoms with Gasteiger partial charge >= 0.3 is 0 Å². The molecular formula is C13H28N2. The lowest BCUT2D eigenvalue weighted by molar-refractivity contribution is 0.143. The van der Waals surface area contributed by atoms with Gasteiger partial charge in [-0.2, -0.15) is 0 Å². The van der Waals surface area contributed by atoms with Crippen LogP contribution in [0.25, 0.3) is 0 Å². The first-order valence-corrected chi connectivity index (χ1v) is 6.61. The number of likely N-dealkylation sites (tertiary alicyclic amines) is 1. The van der Waals surface area contributed by atoms with E-state index < -0.39 is 0 Å². The Morgan fingerprint density at radius 1 is 1.40 bits per heavy atom. The highest BCUT2D eigenvalue weighted by Gasteiger charge is 2.23. The van der Waals surface area contributed by atoms with E-state index in [4.69, 9.17) is 0 Å². The normalized spacial score (nSPS) is 28.6. The Balaban J connectivity index is 2.17. The Labute approximate surface area is 95.4 Å². The average Bonchev–Trinajstić information content (AvgIpc) is 2.17. The van der Waals surface area contributed by atoms with Crippen molar-refractivity contribution in [2.45, 2.75) is 59.0 Å². The molecule has 0 aromatic carbocycles. The summed E-state index contributed by atoms with van der Waals surface area (Å²) >= 11 is 0. The maximum absolute atomic E-state index is 3.70. The Morgan fingerprint density at radius 3 is 2.67 bits per heavy atom. The smallest absolute Gasteiger partial charge is 0.00940 e. The first kappa shape index (κ1) is 13.0. The van der Waals surface area contributed by atoms with Crippen LogP contribution in [0.4, 0.5) is 0 Å². The van der Waals surface area contributed by atoms with Gasteiger partial charge in [0.25, 0.3) is 0 Å². The number of nitrogens with zero attached hydrogens (tertiary/aromatic N) is 1. The number of nitrogens with one attached hydrogen (secondary N) is 1. The lowest BCUT2D eigenvalue weighted by atomic mass is 9.98. The molecule has 0 aromatic heterocycles. The lowest BCUT2D eigenvalue weighted by Crippen LogP contribution is -2.47. The molecule has 0 saturated carbocycles. The first-order valence-electron chi connectivity index (χ1n) is 6.61. The van der Waals surface area contributed by atoms with Crippen LogP contribution in [0.15, 0.2) is 0 Å². The number of hydrogen-bond acceptors (Lipinski definition) is 2. The topological polar surface area (TPSA) is 15.3 Å². The quantitative estimate of drug-likeness (QED) is 0.753. The van der Waals surface area contributed by atoms with Crippen molar-refractivity contribution in [2.24, 2.45) is 5.92 Å². The molecule has 0 aromatic rings. The van der Waals surface area contributed by atoms with Crippen LogP contribution in [-0.4, -0.2) is 36.6 Å². The van der Waals surface area contributed by atoms with Crippen LogP contribution in [0.3, 0.4) is 0 Å². The molecule has 1 fully saturated rings. The second-order valence-corrected chi connectivity index (χ2v) is 5.34. The Bertz CT molecular complexity index is 168. The maximum atomic E-state index is 3.70. The van der Waals surface area contributed by atoms with Gasteiger partial charge in [0.15, 0.2) is 0 Å². The summed E-state index contributed by atoms with van der Waals surface area (Å²) in [5, 5.41) is 3.70. The van der Waals surface area contributed by atoms with Crippen molar-refractivity contribution in [2.75, 3.05) is 19.6 Å². The van der Waals surface area contributed by atoms with Crippen molar-refractivity contribution in [1.82, 2.24) is 10.2 Å². The van der Waals surface area contributed by atoms with Gasteiger partial charge in [-0.25, -0.2) is 0 Å². The van der Waals surface area contributed by atoms with E-state index in [0.29, 0.717) is 0 Å². The first-order chi connectivity index (χ1) is 7.13. The second kappa shape index (κ2) is 6.49. The van der Waals surface area contributed by atoms with E-state index in [-0.39, 0.29) is 0 Å². The molecule has 90 valence electrons. The van der Waals surface area contributed by atoms with Crippen molar-refractivity contribution in [3.05, 3.63) is 0 Å². The zero-order chi connectivity index (χ0) is 11.3. The summed E-state index contributed by atoms with van der Waals surface area (Å²) in [5.41, 5.74) is 0. The predicted octanol–water partition coefficient (Wildman–Crippen LogP) is 2.49. The van der Waals surface area contributed by atoms with Crippen molar-refractivity contribution >= 4 is 0 Å². The third-order valence-corrected chi connectivity index (χ3v) is 3.57. The monoisotopic (exact) mass is 212 g/mol. The van der Waals surface area contributed by atoms with Gasteiger partial charge in [-0.05, 0) is 51.7 Å². The highest BCUT2D eigenvalue weighted by atomic mass is 15.2. The minimum atomic E-state index is 0.764. The van der Waals surface area contributed by atoms with Crippen LogP contribution in [0.1, 0.15) is 47.0 Å². The fourth-order valence-electron chi connectivity index (χ4n) is 2.45. The summed E-state index contributed by atoms with van der Waals surface area (Å²) in [4.78, 5) is 2.58. The van der Waals surface area contributed by atoms with E-state index in [1.807, 2.05) is 0 Å². The molecular weight excluding hydrogens is 184 g/mol. The molecule has 1 aliphatic heterocycles. The third kappa shape index (κ3) is 4.52. The van der Waals surface area contributed by atoms with Crippen LogP contribution in [0.5, 0.6) is 0 Å². The minimum absolute atomic E-state index is 0.764. The van der Waals surface area contributed by atoms with Crippen LogP contribution in [0.2, 0.25) is 0 Å². The van der Waals surface area contributed by atoms with Crippen molar-refractivity contribution in [3.63, 3.8) is 0 Å². The van der Waals surface area contributed by atoms with E-state index in [1.165, 1.54) is 38.9 Å². The lowest BCUT2D eigenvalue weighted by Gasteiger charge is -2.37. The predicted molar refractivity (Wildman–Crippen MR) is 67.2 cm³/mol. The van der Waals surface area contributed by atoms with Gasteiger partial charge in [0.05, 0.1) is 0 Å². The van der Waals surface area contributed by atoms with E-state index in [9.17, 15) is 0 Å². The molecule has 1 rings (SSSR count). The van der Waals surface area contributed by atoms with Crippen molar-refractivity contribution in [3.8, 4) is 0 Å². The molecule has 2 unspecified atom stereocenters. The molecule has 2 nitrogen and oxygen atoms in total. The van der Waals surface area contributed by atoms with Gasteiger partial charge in [0.2, 0.25) is 0 Å². The molecule has 2 atom stereocenters. The van der Waals surface area contributed by atoms with Crippen LogP contribution in [-0.2, 0) is 0 Å².